The van der Waals surface area contributed by atoms with E-state index in [0.717, 1.165) is 24.2 Å². The van der Waals surface area contributed by atoms with Crippen molar-refractivity contribution in [2.45, 2.75) is 25.3 Å². The second-order valence-corrected chi connectivity index (χ2v) is 6.74. The molecular weight excluding hydrogens is 350 g/mol. The number of oxazole rings is 1. The minimum absolute atomic E-state index is 0.0357. The van der Waals surface area contributed by atoms with Crippen molar-refractivity contribution in [2.75, 3.05) is 6.54 Å². The Balaban J connectivity index is 1.53. The standard InChI is InChI=1S/C20H18ClN3O2/c21-17-7-2-1-5-14(17)11-16-13-23-19(26-16)18-8-4-10-24(18)20(25)15-6-3-9-22-12-15/h1-3,5-7,9,12-13,18H,4,8,10-11H2. The van der Waals surface area contributed by atoms with Gasteiger partial charge in [-0.05, 0) is 36.6 Å². The smallest absolute Gasteiger partial charge is 0.256 e. The number of carbonyl (C=O) groups is 1. The molecule has 0 radical (unpaired) electrons. The third-order valence-corrected chi connectivity index (χ3v) is 4.97. The second-order valence-electron chi connectivity index (χ2n) is 6.33. The van der Waals surface area contributed by atoms with Crippen molar-refractivity contribution < 1.29 is 9.21 Å². The number of rotatable bonds is 4. The fourth-order valence-corrected chi connectivity index (χ4v) is 3.51. The van der Waals surface area contributed by atoms with Crippen molar-refractivity contribution in [1.29, 1.82) is 0 Å². The lowest BCUT2D eigenvalue weighted by molar-refractivity contribution is 0.0714. The van der Waals surface area contributed by atoms with E-state index in [4.69, 9.17) is 16.0 Å². The Hall–Kier alpha value is -2.66. The van der Waals surface area contributed by atoms with Crippen molar-refractivity contribution in [2.24, 2.45) is 0 Å². The first kappa shape index (κ1) is 16.8. The van der Waals surface area contributed by atoms with Crippen LogP contribution in [0.1, 0.15) is 46.5 Å². The SMILES string of the molecule is O=C(c1cccnc1)N1CCCC1c1ncc(Cc2ccccc2Cl)o1. The van der Waals surface area contributed by atoms with Crippen LogP contribution >= 0.6 is 11.6 Å². The average molecular weight is 368 g/mol. The van der Waals surface area contributed by atoms with Gasteiger partial charge in [0.2, 0.25) is 5.89 Å². The Morgan fingerprint density at radius 3 is 2.92 bits per heavy atom. The predicted octanol–water partition coefficient (Wildman–Crippen LogP) is 4.29. The molecule has 1 unspecified atom stereocenters. The molecule has 1 aliphatic rings. The van der Waals surface area contributed by atoms with Crippen LogP contribution in [0.2, 0.25) is 5.02 Å². The molecule has 1 atom stereocenters. The van der Waals surface area contributed by atoms with E-state index in [-0.39, 0.29) is 11.9 Å². The number of hydrogen-bond donors (Lipinski definition) is 0. The van der Waals surface area contributed by atoms with Crippen LogP contribution in [0.25, 0.3) is 0 Å². The van der Waals surface area contributed by atoms with Gasteiger partial charge in [0.25, 0.3) is 5.91 Å². The maximum absolute atomic E-state index is 12.8. The first-order chi connectivity index (χ1) is 12.7. The van der Waals surface area contributed by atoms with Gasteiger partial charge < -0.3 is 9.32 Å². The Bertz CT molecular complexity index is 910. The Morgan fingerprint density at radius 1 is 1.23 bits per heavy atom. The topological polar surface area (TPSA) is 59.2 Å². The number of amides is 1. The third kappa shape index (κ3) is 3.35. The zero-order valence-electron chi connectivity index (χ0n) is 14.1. The van der Waals surface area contributed by atoms with Crippen molar-refractivity contribution in [3.05, 3.63) is 82.8 Å². The quantitative estimate of drug-likeness (QED) is 0.690. The van der Waals surface area contributed by atoms with Gasteiger partial charge in [0.05, 0.1) is 11.8 Å². The number of aromatic nitrogens is 2. The minimum atomic E-state index is -0.136. The van der Waals surface area contributed by atoms with E-state index in [1.807, 2.05) is 29.2 Å². The molecule has 1 fully saturated rings. The summed E-state index contributed by atoms with van der Waals surface area (Å²) in [5, 5.41) is 0.708. The number of hydrogen-bond acceptors (Lipinski definition) is 4. The van der Waals surface area contributed by atoms with Gasteiger partial charge in [-0.1, -0.05) is 29.8 Å². The summed E-state index contributed by atoms with van der Waals surface area (Å²) in [6.45, 7) is 0.695. The highest BCUT2D eigenvalue weighted by Gasteiger charge is 2.33. The van der Waals surface area contributed by atoms with Crippen LogP contribution in [-0.2, 0) is 6.42 Å². The Kier molecular flexibility index (Phi) is 4.71. The predicted molar refractivity (Wildman–Crippen MR) is 98.0 cm³/mol. The van der Waals surface area contributed by atoms with Gasteiger partial charge in [0.1, 0.15) is 11.8 Å². The van der Waals surface area contributed by atoms with Gasteiger partial charge in [-0.25, -0.2) is 4.98 Å². The molecule has 0 aliphatic carbocycles. The fraction of sp³-hybridized carbons (Fsp3) is 0.250. The molecule has 132 valence electrons. The lowest BCUT2D eigenvalue weighted by atomic mass is 10.1. The molecule has 0 N–H and O–H groups in total. The molecule has 3 aromatic rings. The van der Waals surface area contributed by atoms with E-state index in [1.165, 1.54) is 0 Å². The van der Waals surface area contributed by atoms with Crippen LogP contribution in [0.4, 0.5) is 0 Å². The molecule has 6 heteroatoms. The maximum Gasteiger partial charge on any atom is 0.256 e. The summed E-state index contributed by atoms with van der Waals surface area (Å²) in [6, 6.07) is 11.1. The highest BCUT2D eigenvalue weighted by Crippen LogP contribution is 2.33. The van der Waals surface area contributed by atoms with Gasteiger partial charge in [-0.15, -0.1) is 0 Å². The molecule has 0 bridgehead atoms. The summed E-state index contributed by atoms with van der Waals surface area (Å²) >= 11 is 6.22. The number of halogens is 1. The van der Waals surface area contributed by atoms with E-state index in [9.17, 15) is 4.79 Å². The summed E-state index contributed by atoms with van der Waals surface area (Å²) in [5.41, 5.74) is 1.58. The molecule has 0 saturated carbocycles. The molecule has 1 saturated heterocycles. The zero-order valence-corrected chi connectivity index (χ0v) is 14.9. The largest absolute Gasteiger partial charge is 0.443 e. The highest BCUT2D eigenvalue weighted by molar-refractivity contribution is 6.31. The van der Waals surface area contributed by atoms with Crippen molar-refractivity contribution in [3.8, 4) is 0 Å². The highest BCUT2D eigenvalue weighted by atomic mass is 35.5. The van der Waals surface area contributed by atoms with Crippen LogP contribution in [0.5, 0.6) is 0 Å². The summed E-state index contributed by atoms with van der Waals surface area (Å²) in [4.78, 5) is 23.1. The molecule has 1 aliphatic heterocycles. The first-order valence-corrected chi connectivity index (χ1v) is 8.99. The zero-order chi connectivity index (χ0) is 17.9. The van der Waals surface area contributed by atoms with E-state index in [1.54, 1.807) is 30.7 Å². The van der Waals surface area contributed by atoms with Crippen LogP contribution in [0.15, 0.2) is 59.4 Å². The summed E-state index contributed by atoms with van der Waals surface area (Å²) in [7, 11) is 0. The van der Waals surface area contributed by atoms with Gasteiger partial charge in [-0.3, -0.25) is 9.78 Å². The maximum atomic E-state index is 12.8. The van der Waals surface area contributed by atoms with Crippen LogP contribution in [0, 0.1) is 0 Å². The van der Waals surface area contributed by atoms with E-state index < -0.39 is 0 Å². The molecule has 1 aromatic carbocycles. The van der Waals surface area contributed by atoms with Gasteiger partial charge >= 0.3 is 0 Å². The van der Waals surface area contributed by atoms with E-state index in [2.05, 4.69) is 9.97 Å². The van der Waals surface area contributed by atoms with Gasteiger partial charge in [-0.2, -0.15) is 0 Å². The fourth-order valence-electron chi connectivity index (χ4n) is 3.31. The summed E-state index contributed by atoms with van der Waals surface area (Å²) < 4.78 is 5.96. The molecule has 26 heavy (non-hydrogen) atoms. The van der Waals surface area contributed by atoms with E-state index >= 15 is 0 Å². The molecule has 0 spiro atoms. The van der Waals surface area contributed by atoms with E-state index in [0.29, 0.717) is 29.4 Å². The number of benzene rings is 1. The van der Waals surface area contributed by atoms with Gasteiger partial charge in [0.15, 0.2) is 0 Å². The summed E-state index contributed by atoms with van der Waals surface area (Å²) in [5.74, 6) is 1.29. The molecule has 2 aromatic heterocycles. The molecule has 1 amide bonds. The van der Waals surface area contributed by atoms with Crippen LogP contribution < -0.4 is 0 Å². The molecular formula is C20H18ClN3O2. The summed E-state index contributed by atoms with van der Waals surface area (Å²) in [6.07, 6.45) is 7.33. The number of pyridine rings is 1. The van der Waals surface area contributed by atoms with Crippen molar-refractivity contribution >= 4 is 17.5 Å². The number of carbonyl (C=O) groups excluding carboxylic acids is 1. The van der Waals surface area contributed by atoms with Crippen LogP contribution in [-0.4, -0.2) is 27.3 Å². The monoisotopic (exact) mass is 367 g/mol. The molecule has 4 rings (SSSR count). The average Bonchev–Trinajstić information content (AvgIpc) is 3.33. The normalized spacial score (nSPS) is 16.8. The Labute approximate surface area is 156 Å². The Morgan fingerprint density at radius 2 is 2.12 bits per heavy atom. The van der Waals surface area contributed by atoms with Crippen molar-refractivity contribution in [1.82, 2.24) is 14.9 Å². The third-order valence-electron chi connectivity index (χ3n) is 4.60. The lowest BCUT2D eigenvalue weighted by Gasteiger charge is -2.22. The first-order valence-electron chi connectivity index (χ1n) is 8.61. The molecule has 3 heterocycles. The number of likely N-dealkylation sites (tertiary alicyclic amines) is 1. The van der Waals surface area contributed by atoms with Crippen molar-refractivity contribution in [3.63, 3.8) is 0 Å². The molecule has 5 nitrogen and oxygen atoms in total. The minimum Gasteiger partial charge on any atom is -0.443 e. The van der Waals surface area contributed by atoms with Gasteiger partial charge in [0, 0.05) is 30.4 Å². The second kappa shape index (κ2) is 7.30. The lowest BCUT2D eigenvalue weighted by Crippen LogP contribution is -2.30. The van der Waals surface area contributed by atoms with Crippen LogP contribution in [0.3, 0.4) is 0 Å². The number of nitrogens with zero attached hydrogens (tertiary/aromatic N) is 3.